The van der Waals surface area contributed by atoms with E-state index in [1.165, 1.54) is 11.3 Å². The van der Waals surface area contributed by atoms with Gasteiger partial charge in [-0.15, -0.1) is 21.5 Å². The van der Waals surface area contributed by atoms with Crippen molar-refractivity contribution in [3.63, 3.8) is 0 Å². The van der Waals surface area contributed by atoms with Gasteiger partial charge in [0.2, 0.25) is 0 Å². The van der Waals surface area contributed by atoms with Crippen LogP contribution in [0.3, 0.4) is 0 Å². The van der Waals surface area contributed by atoms with E-state index in [4.69, 9.17) is 13.9 Å². The van der Waals surface area contributed by atoms with Crippen molar-refractivity contribution in [2.75, 3.05) is 0 Å². The number of thiophene rings is 1. The molecule has 0 bridgehead atoms. The molecule has 0 unspecified atom stereocenters. The van der Waals surface area contributed by atoms with Crippen molar-refractivity contribution in [3.05, 3.63) is 89.1 Å². The number of ether oxygens (including phenoxy) is 2. The van der Waals surface area contributed by atoms with Gasteiger partial charge in [0, 0.05) is 5.56 Å². The van der Waals surface area contributed by atoms with Crippen molar-refractivity contribution in [2.24, 2.45) is 0 Å². The summed E-state index contributed by atoms with van der Waals surface area (Å²) >= 11 is 1.50. The lowest BCUT2D eigenvalue weighted by atomic mass is 10.1. The Balaban J connectivity index is 1.44. The maximum Gasteiger partial charge on any atom is 0.339 e. The van der Waals surface area contributed by atoms with Gasteiger partial charge in [0.15, 0.2) is 6.10 Å². The summed E-state index contributed by atoms with van der Waals surface area (Å²) in [5.74, 6) is 0.922. The number of rotatable bonds is 7. The van der Waals surface area contributed by atoms with E-state index in [0.29, 0.717) is 11.5 Å². The van der Waals surface area contributed by atoms with E-state index in [2.05, 4.69) is 10.2 Å². The van der Waals surface area contributed by atoms with E-state index in [1.54, 1.807) is 19.1 Å². The predicted octanol–water partition coefficient (Wildman–Crippen LogP) is 5.30. The molecule has 0 radical (unpaired) electrons. The van der Waals surface area contributed by atoms with Crippen molar-refractivity contribution < 1.29 is 18.7 Å². The summed E-state index contributed by atoms with van der Waals surface area (Å²) < 4.78 is 17.0. The molecule has 0 saturated heterocycles. The average molecular weight is 406 g/mol. The smallest absolute Gasteiger partial charge is 0.339 e. The van der Waals surface area contributed by atoms with Crippen LogP contribution in [-0.4, -0.2) is 16.2 Å². The van der Waals surface area contributed by atoms with E-state index in [-0.39, 0.29) is 12.5 Å². The molecule has 0 fully saturated rings. The Hall–Kier alpha value is -3.45. The summed E-state index contributed by atoms with van der Waals surface area (Å²) in [5, 5.41) is 9.96. The molecule has 2 aromatic heterocycles. The van der Waals surface area contributed by atoms with Gasteiger partial charge < -0.3 is 13.9 Å². The highest BCUT2D eigenvalue weighted by Gasteiger charge is 2.21. The number of esters is 1. The van der Waals surface area contributed by atoms with Gasteiger partial charge in [0.1, 0.15) is 12.4 Å². The number of carbonyl (C=O) groups is 1. The van der Waals surface area contributed by atoms with Gasteiger partial charge in [-0.3, -0.25) is 0 Å². The fraction of sp³-hybridized carbons (Fsp3) is 0.136. The minimum atomic E-state index is -0.674. The Morgan fingerprint density at radius 1 is 1.03 bits per heavy atom. The molecule has 0 amide bonds. The first-order valence-electron chi connectivity index (χ1n) is 9.04. The molecular formula is C22H18N2O4S. The number of hydrogen-bond acceptors (Lipinski definition) is 7. The second-order valence-corrected chi connectivity index (χ2v) is 7.18. The Kier molecular flexibility index (Phi) is 5.67. The van der Waals surface area contributed by atoms with Crippen molar-refractivity contribution in [1.82, 2.24) is 10.2 Å². The minimum Gasteiger partial charge on any atom is -0.489 e. The van der Waals surface area contributed by atoms with Crippen molar-refractivity contribution >= 4 is 17.3 Å². The van der Waals surface area contributed by atoms with E-state index in [1.807, 2.05) is 60.0 Å². The van der Waals surface area contributed by atoms with Gasteiger partial charge >= 0.3 is 5.97 Å². The van der Waals surface area contributed by atoms with Crippen LogP contribution in [0, 0.1) is 0 Å². The molecule has 4 rings (SSSR count). The average Bonchev–Trinajstić information content (AvgIpc) is 3.45. The van der Waals surface area contributed by atoms with Crippen molar-refractivity contribution in [1.29, 1.82) is 0 Å². The van der Waals surface area contributed by atoms with Crippen LogP contribution in [0.25, 0.3) is 10.8 Å². The van der Waals surface area contributed by atoms with Gasteiger partial charge in [-0.1, -0.05) is 42.5 Å². The number of nitrogens with zero attached hydrogens (tertiary/aromatic N) is 2. The van der Waals surface area contributed by atoms with Crippen LogP contribution in [-0.2, 0) is 11.3 Å². The maximum absolute atomic E-state index is 12.7. The fourth-order valence-electron chi connectivity index (χ4n) is 2.70. The molecule has 0 spiro atoms. The van der Waals surface area contributed by atoms with E-state index in [9.17, 15) is 4.79 Å². The molecule has 0 aliphatic heterocycles. The SMILES string of the molecule is C[C@@H](OC(=O)c1ccccc1COc1ccccc1)c1nnc(-c2cccs2)o1. The molecule has 0 N–H and O–H groups in total. The van der Waals surface area contributed by atoms with Crippen LogP contribution < -0.4 is 4.74 Å². The monoisotopic (exact) mass is 406 g/mol. The minimum absolute atomic E-state index is 0.250. The lowest BCUT2D eigenvalue weighted by Gasteiger charge is -2.13. The van der Waals surface area contributed by atoms with Crippen LogP contribution in [0.15, 0.2) is 76.5 Å². The molecular weight excluding hydrogens is 388 g/mol. The standard InChI is InChI=1S/C22H18N2O4S/c1-15(20-23-24-21(28-20)19-12-7-13-29-19)27-22(25)18-11-6-5-8-16(18)14-26-17-9-3-2-4-10-17/h2-13,15H,14H2,1H3/t15-/m1/s1. The van der Waals surface area contributed by atoms with Crippen LogP contribution >= 0.6 is 11.3 Å². The molecule has 0 aliphatic carbocycles. The summed E-state index contributed by atoms with van der Waals surface area (Å²) in [6, 6.07) is 20.4. The third kappa shape index (κ3) is 4.52. The third-order valence-corrected chi connectivity index (χ3v) is 5.04. The van der Waals surface area contributed by atoms with Crippen LogP contribution in [0.1, 0.15) is 34.8 Å². The summed E-state index contributed by atoms with van der Waals surface area (Å²) in [6.45, 7) is 1.96. The molecule has 1 atom stereocenters. The first-order chi connectivity index (χ1) is 14.2. The van der Waals surface area contributed by atoms with Gasteiger partial charge in [-0.05, 0) is 36.6 Å². The zero-order chi connectivity index (χ0) is 20.1. The molecule has 6 nitrogen and oxygen atoms in total. The second kappa shape index (κ2) is 8.70. The number of hydrogen-bond donors (Lipinski definition) is 0. The summed E-state index contributed by atoms with van der Waals surface area (Å²) in [6.07, 6.45) is -0.674. The fourth-order valence-corrected chi connectivity index (χ4v) is 3.34. The normalized spacial score (nSPS) is 11.8. The first-order valence-corrected chi connectivity index (χ1v) is 9.92. The van der Waals surface area contributed by atoms with E-state index in [0.717, 1.165) is 16.2 Å². The highest BCUT2D eigenvalue weighted by atomic mass is 32.1. The Bertz CT molecular complexity index is 1080. The highest BCUT2D eigenvalue weighted by molar-refractivity contribution is 7.13. The maximum atomic E-state index is 12.7. The number of benzene rings is 2. The lowest BCUT2D eigenvalue weighted by Crippen LogP contribution is -2.12. The second-order valence-electron chi connectivity index (χ2n) is 6.23. The number of carbonyl (C=O) groups excluding carboxylic acids is 1. The van der Waals surface area contributed by atoms with Crippen LogP contribution in [0.2, 0.25) is 0 Å². The van der Waals surface area contributed by atoms with Gasteiger partial charge in [-0.25, -0.2) is 4.79 Å². The Morgan fingerprint density at radius 2 is 1.83 bits per heavy atom. The third-order valence-electron chi connectivity index (χ3n) is 4.18. The van der Waals surface area contributed by atoms with Crippen LogP contribution in [0.4, 0.5) is 0 Å². The molecule has 2 heterocycles. The molecule has 0 saturated carbocycles. The molecule has 146 valence electrons. The summed E-state index contributed by atoms with van der Waals surface area (Å²) in [4.78, 5) is 13.6. The largest absolute Gasteiger partial charge is 0.489 e. The van der Waals surface area contributed by atoms with Gasteiger partial charge in [0.05, 0.1) is 10.4 Å². The molecule has 29 heavy (non-hydrogen) atoms. The molecule has 4 aromatic rings. The Labute approximate surface area is 171 Å². The highest BCUT2D eigenvalue weighted by Crippen LogP contribution is 2.26. The van der Waals surface area contributed by atoms with Crippen molar-refractivity contribution in [2.45, 2.75) is 19.6 Å². The van der Waals surface area contributed by atoms with Gasteiger partial charge in [-0.2, -0.15) is 0 Å². The predicted molar refractivity (Wildman–Crippen MR) is 109 cm³/mol. The molecule has 2 aromatic carbocycles. The van der Waals surface area contributed by atoms with Crippen LogP contribution in [0.5, 0.6) is 5.75 Å². The van der Waals surface area contributed by atoms with Gasteiger partial charge in [0.25, 0.3) is 11.8 Å². The number of aromatic nitrogens is 2. The molecule has 0 aliphatic rings. The topological polar surface area (TPSA) is 74.5 Å². The first kappa shape index (κ1) is 18.9. The number of para-hydroxylation sites is 1. The Morgan fingerprint density at radius 3 is 2.62 bits per heavy atom. The van der Waals surface area contributed by atoms with E-state index >= 15 is 0 Å². The van der Waals surface area contributed by atoms with E-state index < -0.39 is 12.1 Å². The zero-order valence-corrected chi connectivity index (χ0v) is 16.5. The molecule has 7 heteroatoms. The zero-order valence-electron chi connectivity index (χ0n) is 15.6. The summed E-state index contributed by atoms with van der Waals surface area (Å²) in [7, 11) is 0. The van der Waals surface area contributed by atoms with Crippen molar-refractivity contribution in [3.8, 4) is 16.5 Å². The summed E-state index contributed by atoms with van der Waals surface area (Å²) in [5.41, 5.74) is 1.17. The lowest BCUT2D eigenvalue weighted by molar-refractivity contribution is 0.0277. The quantitative estimate of drug-likeness (QED) is 0.388.